The van der Waals surface area contributed by atoms with Gasteiger partial charge in [-0.15, -0.1) is 13.2 Å². The third-order valence-corrected chi connectivity index (χ3v) is 4.25. The maximum absolute atomic E-state index is 6.00. The molecule has 2 aromatic heterocycles. The fraction of sp³-hybridized carbons (Fsp3) is 0.190. The van der Waals surface area contributed by atoms with E-state index in [9.17, 15) is 0 Å². The zero-order chi connectivity index (χ0) is 17.8. The van der Waals surface area contributed by atoms with Crippen LogP contribution in [0.3, 0.4) is 0 Å². The highest BCUT2D eigenvalue weighted by Gasteiger charge is 2.17. The first-order chi connectivity index (χ1) is 12.1. The van der Waals surface area contributed by atoms with Gasteiger partial charge in [0.15, 0.2) is 0 Å². The van der Waals surface area contributed by atoms with Crippen LogP contribution < -0.4 is 5.73 Å². The van der Waals surface area contributed by atoms with Gasteiger partial charge in [-0.2, -0.15) is 0 Å². The number of rotatable bonds is 7. The van der Waals surface area contributed by atoms with Gasteiger partial charge in [0.1, 0.15) is 5.65 Å². The minimum Gasteiger partial charge on any atom is -0.399 e. The van der Waals surface area contributed by atoms with Gasteiger partial charge in [-0.1, -0.05) is 30.4 Å². The predicted molar refractivity (Wildman–Crippen MR) is 105 cm³/mol. The van der Waals surface area contributed by atoms with Crippen LogP contribution in [-0.2, 0) is 6.54 Å². The molecule has 0 saturated carbocycles. The lowest BCUT2D eigenvalue weighted by Gasteiger charge is -2.19. The number of hydrogen-bond acceptors (Lipinski definition) is 3. The van der Waals surface area contributed by atoms with Gasteiger partial charge in [0.05, 0.1) is 11.4 Å². The van der Waals surface area contributed by atoms with Crippen molar-refractivity contribution >= 4 is 11.3 Å². The lowest BCUT2D eigenvalue weighted by Crippen LogP contribution is -2.24. The molecular weight excluding hydrogens is 308 g/mol. The van der Waals surface area contributed by atoms with Crippen molar-refractivity contribution in [1.29, 1.82) is 0 Å². The van der Waals surface area contributed by atoms with Crippen molar-refractivity contribution < 1.29 is 0 Å². The van der Waals surface area contributed by atoms with Gasteiger partial charge in [-0.3, -0.25) is 4.90 Å². The summed E-state index contributed by atoms with van der Waals surface area (Å²) in [6.45, 7) is 12.2. The van der Waals surface area contributed by atoms with E-state index in [1.165, 1.54) is 0 Å². The van der Waals surface area contributed by atoms with Crippen molar-refractivity contribution in [3.05, 3.63) is 79.2 Å². The maximum Gasteiger partial charge on any atom is 0.140 e. The number of anilines is 1. The summed E-state index contributed by atoms with van der Waals surface area (Å²) in [5.41, 5.74) is 12.0. The zero-order valence-corrected chi connectivity index (χ0v) is 14.7. The first-order valence-electron chi connectivity index (χ1n) is 8.40. The lowest BCUT2D eigenvalue weighted by atomic mass is 10.1. The molecule has 25 heavy (non-hydrogen) atoms. The second kappa shape index (κ2) is 7.36. The Morgan fingerprint density at radius 1 is 1.16 bits per heavy atom. The standard InChI is InChI=1S/C21H24N4/c1-4-11-24(12-5-2)15-19-20(17-9-6-10-18(22)14-17)23-21-16(3)8-7-13-25(19)21/h4-10,13-14H,1-2,11-12,15,22H2,3H3. The van der Waals surface area contributed by atoms with Crippen LogP contribution in [-0.4, -0.2) is 27.4 Å². The third kappa shape index (κ3) is 3.49. The predicted octanol–water partition coefficient (Wildman–Crippen LogP) is 4.07. The highest BCUT2D eigenvalue weighted by molar-refractivity contribution is 5.70. The Labute approximate surface area is 148 Å². The Kier molecular flexibility index (Phi) is 5.00. The largest absolute Gasteiger partial charge is 0.399 e. The molecule has 0 aliphatic heterocycles. The number of nitrogens with zero attached hydrogens (tertiary/aromatic N) is 3. The second-order valence-electron chi connectivity index (χ2n) is 6.19. The molecule has 0 bridgehead atoms. The minimum absolute atomic E-state index is 0.742. The van der Waals surface area contributed by atoms with Crippen LogP contribution in [0.15, 0.2) is 67.9 Å². The molecule has 2 heterocycles. The van der Waals surface area contributed by atoms with Crippen molar-refractivity contribution in [2.45, 2.75) is 13.5 Å². The molecule has 0 radical (unpaired) electrons. The van der Waals surface area contributed by atoms with E-state index in [-0.39, 0.29) is 0 Å². The lowest BCUT2D eigenvalue weighted by molar-refractivity contribution is 0.323. The molecule has 3 aromatic rings. The highest BCUT2D eigenvalue weighted by Crippen LogP contribution is 2.28. The fourth-order valence-electron chi connectivity index (χ4n) is 3.10. The maximum atomic E-state index is 6.00. The molecular formula is C21H24N4. The van der Waals surface area contributed by atoms with Crippen molar-refractivity contribution in [3.8, 4) is 11.3 Å². The smallest absolute Gasteiger partial charge is 0.140 e. The van der Waals surface area contributed by atoms with Crippen LogP contribution in [0.2, 0.25) is 0 Å². The van der Waals surface area contributed by atoms with Crippen LogP contribution in [0.1, 0.15) is 11.3 Å². The van der Waals surface area contributed by atoms with Gasteiger partial charge in [0.25, 0.3) is 0 Å². The van der Waals surface area contributed by atoms with Crippen molar-refractivity contribution in [2.24, 2.45) is 0 Å². The number of pyridine rings is 1. The highest BCUT2D eigenvalue weighted by atomic mass is 15.1. The Morgan fingerprint density at radius 3 is 2.60 bits per heavy atom. The van der Waals surface area contributed by atoms with Crippen LogP contribution >= 0.6 is 0 Å². The Balaban J connectivity index is 2.16. The second-order valence-corrected chi connectivity index (χ2v) is 6.19. The normalized spacial score (nSPS) is 11.1. The summed E-state index contributed by atoms with van der Waals surface area (Å²) < 4.78 is 2.17. The summed E-state index contributed by atoms with van der Waals surface area (Å²) in [5.74, 6) is 0. The van der Waals surface area contributed by atoms with Crippen molar-refractivity contribution in [1.82, 2.24) is 14.3 Å². The molecule has 2 N–H and O–H groups in total. The van der Waals surface area contributed by atoms with E-state index in [0.717, 1.165) is 53.5 Å². The molecule has 4 nitrogen and oxygen atoms in total. The summed E-state index contributed by atoms with van der Waals surface area (Å²) in [6, 6.07) is 12.0. The average molecular weight is 332 g/mol. The number of imidazole rings is 1. The average Bonchev–Trinajstić information content (AvgIpc) is 2.95. The number of fused-ring (bicyclic) bond motifs is 1. The summed E-state index contributed by atoms with van der Waals surface area (Å²) in [4.78, 5) is 7.21. The van der Waals surface area contributed by atoms with Crippen molar-refractivity contribution in [2.75, 3.05) is 18.8 Å². The van der Waals surface area contributed by atoms with Crippen LogP contribution in [0, 0.1) is 6.92 Å². The summed E-state index contributed by atoms with van der Waals surface area (Å²) in [7, 11) is 0. The molecule has 3 rings (SSSR count). The SMILES string of the molecule is C=CCN(CC=C)Cc1c(-c2cccc(N)c2)nc2c(C)cccn12. The Morgan fingerprint density at radius 2 is 1.92 bits per heavy atom. The van der Waals surface area contributed by atoms with Gasteiger partial charge in [0, 0.05) is 37.1 Å². The summed E-state index contributed by atoms with van der Waals surface area (Å²) >= 11 is 0. The van der Waals surface area contributed by atoms with Crippen LogP contribution in [0.5, 0.6) is 0 Å². The molecule has 0 fully saturated rings. The number of aromatic nitrogens is 2. The van der Waals surface area contributed by atoms with Gasteiger partial charge in [0.2, 0.25) is 0 Å². The summed E-state index contributed by atoms with van der Waals surface area (Å²) in [5, 5.41) is 0. The molecule has 0 spiro atoms. The first-order valence-corrected chi connectivity index (χ1v) is 8.40. The number of nitrogen functional groups attached to an aromatic ring is 1. The van der Waals surface area contributed by atoms with E-state index in [0.29, 0.717) is 0 Å². The third-order valence-electron chi connectivity index (χ3n) is 4.25. The molecule has 0 aliphatic carbocycles. The number of benzene rings is 1. The Bertz CT molecular complexity index is 897. The summed E-state index contributed by atoms with van der Waals surface area (Å²) in [6.07, 6.45) is 5.90. The molecule has 0 aliphatic rings. The molecule has 1 aromatic carbocycles. The Hall–Kier alpha value is -2.85. The van der Waals surface area contributed by atoms with E-state index in [1.807, 2.05) is 30.4 Å². The van der Waals surface area contributed by atoms with Gasteiger partial charge in [-0.05, 0) is 30.7 Å². The molecule has 0 saturated heterocycles. The van der Waals surface area contributed by atoms with E-state index in [2.05, 4.69) is 53.8 Å². The van der Waals surface area contributed by atoms with E-state index in [4.69, 9.17) is 10.7 Å². The number of nitrogens with two attached hydrogens (primary N) is 1. The molecule has 0 unspecified atom stereocenters. The molecule has 4 heteroatoms. The fourth-order valence-corrected chi connectivity index (χ4v) is 3.10. The van der Waals surface area contributed by atoms with Gasteiger partial charge >= 0.3 is 0 Å². The van der Waals surface area contributed by atoms with Crippen molar-refractivity contribution in [3.63, 3.8) is 0 Å². The zero-order valence-electron chi connectivity index (χ0n) is 14.7. The van der Waals surface area contributed by atoms with E-state index in [1.54, 1.807) is 0 Å². The molecule has 0 amide bonds. The monoisotopic (exact) mass is 332 g/mol. The van der Waals surface area contributed by atoms with Gasteiger partial charge in [-0.25, -0.2) is 4.98 Å². The molecule has 128 valence electrons. The quantitative estimate of drug-likeness (QED) is 0.524. The number of aryl methyl sites for hydroxylation is 1. The number of hydrogen-bond donors (Lipinski definition) is 1. The van der Waals surface area contributed by atoms with Crippen LogP contribution in [0.4, 0.5) is 5.69 Å². The van der Waals surface area contributed by atoms with E-state index < -0.39 is 0 Å². The van der Waals surface area contributed by atoms with E-state index >= 15 is 0 Å². The van der Waals surface area contributed by atoms with Crippen LogP contribution in [0.25, 0.3) is 16.9 Å². The first kappa shape index (κ1) is 17.0. The topological polar surface area (TPSA) is 46.6 Å². The molecule has 0 atom stereocenters. The minimum atomic E-state index is 0.742. The van der Waals surface area contributed by atoms with Gasteiger partial charge < -0.3 is 10.1 Å².